The van der Waals surface area contributed by atoms with Crippen molar-refractivity contribution in [3.8, 4) is 34.9 Å². The van der Waals surface area contributed by atoms with Crippen molar-refractivity contribution in [2.75, 3.05) is 6.54 Å². The third-order valence-electron chi connectivity index (χ3n) is 4.24. The monoisotopic (exact) mass is 356 g/mol. The molecule has 1 N–H and O–H groups in total. The second-order valence-electron chi connectivity index (χ2n) is 6.02. The number of amides is 1. The van der Waals surface area contributed by atoms with E-state index in [2.05, 4.69) is 21.4 Å². The lowest BCUT2D eigenvalue weighted by molar-refractivity contribution is 0.0958. The van der Waals surface area contributed by atoms with E-state index in [0.29, 0.717) is 17.0 Å². The number of carbonyl (C=O) groups is 1. The predicted octanol–water partition coefficient (Wildman–Crippen LogP) is 3.33. The summed E-state index contributed by atoms with van der Waals surface area (Å²) >= 11 is 0. The van der Waals surface area contributed by atoms with Gasteiger partial charge in [-0.3, -0.25) is 4.79 Å². The van der Waals surface area contributed by atoms with Crippen molar-refractivity contribution in [1.29, 1.82) is 0 Å². The average molecular weight is 356 g/mol. The molecule has 0 aliphatic carbocycles. The van der Waals surface area contributed by atoms with Gasteiger partial charge < -0.3 is 14.2 Å². The fourth-order valence-electron chi connectivity index (χ4n) is 2.94. The number of benzene rings is 1. The summed E-state index contributed by atoms with van der Waals surface area (Å²) in [5.41, 5.74) is 4.41. The Hall–Kier alpha value is -3.85. The van der Waals surface area contributed by atoms with Gasteiger partial charge in [-0.1, -0.05) is 41.4 Å². The van der Waals surface area contributed by atoms with Crippen molar-refractivity contribution < 1.29 is 9.32 Å². The summed E-state index contributed by atoms with van der Waals surface area (Å²) in [5.74, 6) is 2.84. The van der Waals surface area contributed by atoms with E-state index < -0.39 is 0 Å². The van der Waals surface area contributed by atoms with Gasteiger partial charge in [0.1, 0.15) is 17.1 Å². The van der Waals surface area contributed by atoms with E-state index in [4.69, 9.17) is 10.9 Å². The predicted molar refractivity (Wildman–Crippen MR) is 102 cm³/mol. The van der Waals surface area contributed by atoms with Gasteiger partial charge in [-0.25, -0.2) is 4.98 Å². The van der Waals surface area contributed by atoms with Crippen LogP contribution in [0, 0.1) is 19.3 Å². The first-order valence-corrected chi connectivity index (χ1v) is 8.40. The number of pyridine rings is 1. The first-order chi connectivity index (χ1) is 13.2. The number of fused-ring (bicyclic) bond motifs is 1. The van der Waals surface area contributed by atoms with Crippen LogP contribution >= 0.6 is 0 Å². The van der Waals surface area contributed by atoms with Crippen LogP contribution in [0.15, 0.2) is 59.4 Å². The summed E-state index contributed by atoms with van der Waals surface area (Å²) in [6.45, 7) is 2.04. The molecular weight excluding hydrogens is 340 g/mol. The number of terminal acetylenes is 1. The lowest BCUT2D eigenvalue weighted by atomic mass is 10.0. The molecular formula is C21H16N4O2. The number of nitrogens with zero attached hydrogens (tertiary/aromatic N) is 3. The van der Waals surface area contributed by atoms with Crippen molar-refractivity contribution in [2.24, 2.45) is 0 Å². The maximum Gasteiger partial charge on any atom is 0.252 e. The molecule has 0 aliphatic heterocycles. The van der Waals surface area contributed by atoms with Crippen LogP contribution in [0.5, 0.6) is 0 Å². The topological polar surface area (TPSA) is 72.4 Å². The molecule has 0 atom stereocenters. The van der Waals surface area contributed by atoms with Crippen molar-refractivity contribution in [1.82, 2.24) is 19.9 Å². The zero-order valence-corrected chi connectivity index (χ0v) is 14.6. The second-order valence-corrected chi connectivity index (χ2v) is 6.02. The summed E-state index contributed by atoms with van der Waals surface area (Å²) in [4.78, 5) is 16.8. The van der Waals surface area contributed by atoms with Crippen LogP contribution in [0.4, 0.5) is 0 Å². The highest BCUT2D eigenvalue weighted by atomic mass is 16.5. The van der Waals surface area contributed by atoms with Gasteiger partial charge in [-0.2, -0.15) is 0 Å². The molecule has 0 bridgehead atoms. The minimum atomic E-state index is -0.230. The van der Waals surface area contributed by atoms with E-state index in [-0.39, 0.29) is 12.5 Å². The minimum absolute atomic E-state index is 0.185. The summed E-state index contributed by atoms with van der Waals surface area (Å²) in [7, 11) is 0. The zero-order chi connectivity index (χ0) is 18.8. The Kier molecular flexibility index (Phi) is 4.19. The van der Waals surface area contributed by atoms with Gasteiger partial charge in [0.25, 0.3) is 5.91 Å². The van der Waals surface area contributed by atoms with Crippen LogP contribution in [-0.4, -0.2) is 27.0 Å². The van der Waals surface area contributed by atoms with E-state index in [0.717, 1.165) is 22.5 Å². The van der Waals surface area contributed by atoms with E-state index in [1.165, 1.54) is 0 Å². The molecule has 4 rings (SSSR count). The maximum absolute atomic E-state index is 12.1. The fraction of sp³-hybridized carbons (Fsp3) is 0.0952. The van der Waals surface area contributed by atoms with E-state index >= 15 is 0 Å². The number of rotatable bonds is 4. The molecule has 4 aromatic rings. The van der Waals surface area contributed by atoms with Crippen molar-refractivity contribution in [3.05, 3.63) is 66.2 Å². The molecule has 132 valence electrons. The van der Waals surface area contributed by atoms with Gasteiger partial charge in [0.05, 0.1) is 17.8 Å². The molecule has 6 heteroatoms. The third-order valence-corrected chi connectivity index (χ3v) is 4.24. The van der Waals surface area contributed by atoms with E-state index in [1.54, 1.807) is 18.3 Å². The highest BCUT2D eigenvalue weighted by molar-refractivity contribution is 5.95. The molecule has 0 fully saturated rings. The minimum Gasteiger partial charge on any atom is -0.360 e. The maximum atomic E-state index is 12.1. The standard InChI is InChI=1S/C21H16N4O2/c1-3-10-22-21(26)16-9-11-25-13-17(23-18(25)12-16)19-14(2)27-24-20(19)15-7-5-4-6-8-15/h1,4-9,11-13H,10H2,2H3,(H,22,26). The Morgan fingerprint density at radius 1 is 1.30 bits per heavy atom. The van der Waals surface area contributed by atoms with Crippen LogP contribution in [0.1, 0.15) is 16.1 Å². The number of nitrogens with one attached hydrogen (secondary N) is 1. The smallest absolute Gasteiger partial charge is 0.252 e. The molecule has 0 unspecified atom stereocenters. The largest absolute Gasteiger partial charge is 0.360 e. The summed E-state index contributed by atoms with van der Waals surface area (Å²) < 4.78 is 7.28. The quantitative estimate of drug-likeness (QED) is 0.569. The number of imidazole rings is 1. The van der Waals surface area contributed by atoms with Gasteiger partial charge in [0.15, 0.2) is 0 Å². The Morgan fingerprint density at radius 3 is 2.89 bits per heavy atom. The Labute approximate surface area is 155 Å². The molecule has 3 aromatic heterocycles. The van der Waals surface area contributed by atoms with Crippen LogP contribution < -0.4 is 5.32 Å². The van der Waals surface area contributed by atoms with Crippen LogP contribution in [-0.2, 0) is 0 Å². The SMILES string of the molecule is C#CCNC(=O)c1ccn2cc(-c3c(-c4ccccc4)noc3C)nc2c1. The van der Waals surface area contributed by atoms with Crippen molar-refractivity contribution in [2.45, 2.75) is 6.92 Å². The zero-order valence-electron chi connectivity index (χ0n) is 14.6. The number of aromatic nitrogens is 3. The molecule has 3 heterocycles. The molecule has 0 saturated heterocycles. The number of aryl methyl sites for hydroxylation is 1. The third kappa shape index (κ3) is 3.07. The number of hydrogen-bond donors (Lipinski definition) is 1. The van der Waals surface area contributed by atoms with E-state index in [1.807, 2.05) is 47.9 Å². The highest BCUT2D eigenvalue weighted by Crippen LogP contribution is 2.33. The molecule has 0 spiro atoms. The van der Waals surface area contributed by atoms with Gasteiger partial charge in [-0.15, -0.1) is 6.42 Å². The summed E-state index contributed by atoms with van der Waals surface area (Å²) in [6.07, 6.45) is 8.87. The van der Waals surface area contributed by atoms with Crippen LogP contribution in [0.2, 0.25) is 0 Å². The normalized spacial score (nSPS) is 10.7. The summed E-state index contributed by atoms with van der Waals surface area (Å²) in [6, 6.07) is 13.3. The first kappa shape index (κ1) is 16.6. The van der Waals surface area contributed by atoms with Crippen molar-refractivity contribution >= 4 is 11.6 Å². The Bertz CT molecular complexity index is 1170. The lowest BCUT2D eigenvalue weighted by Crippen LogP contribution is -2.23. The molecule has 1 amide bonds. The molecule has 1 aromatic carbocycles. The van der Waals surface area contributed by atoms with Gasteiger partial charge >= 0.3 is 0 Å². The molecule has 0 aliphatic rings. The number of hydrogen-bond acceptors (Lipinski definition) is 4. The van der Waals surface area contributed by atoms with Gasteiger partial charge in [0.2, 0.25) is 0 Å². The summed E-state index contributed by atoms with van der Waals surface area (Å²) in [5, 5.41) is 6.86. The van der Waals surface area contributed by atoms with Crippen molar-refractivity contribution in [3.63, 3.8) is 0 Å². The molecule has 0 saturated carbocycles. The lowest BCUT2D eigenvalue weighted by Gasteiger charge is -2.01. The van der Waals surface area contributed by atoms with Gasteiger partial charge in [-0.05, 0) is 19.1 Å². The molecule has 0 radical (unpaired) electrons. The second kappa shape index (κ2) is 6.81. The molecule has 6 nitrogen and oxygen atoms in total. The fourth-order valence-corrected chi connectivity index (χ4v) is 2.94. The van der Waals surface area contributed by atoms with Crippen LogP contribution in [0.25, 0.3) is 28.2 Å². The highest BCUT2D eigenvalue weighted by Gasteiger charge is 2.19. The van der Waals surface area contributed by atoms with Crippen LogP contribution in [0.3, 0.4) is 0 Å². The van der Waals surface area contributed by atoms with E-state index in [9.17, 15) is 4.79 Å². The first-order valence-electron chi connectivity index (χ1n) is 8.40. The average Bonchev–Trinajstić information content (AvgIpc) is 3.29. The Morgan fingerprint density at radius 2 is 2.11 bits per heavy atom. The number of carbonyl (C=O) groups excluding carboxylic acids is 1. The van der Waals surface area contributed by atoms with Gasteiger partial charge in [0, 0.05) is 23.5 Å². The Balaban J connectivity index is 1.77. The molecule has 27 heavy (non-hydrogen) atoms.